The average Bonchev–Trinajstić information content (AvgIpc) is 2.18. The molecule has 14 heavy (non-hydrogen) atoms. The Balaban J connectivity index is 3.23. The van der Waals surface area contributed by atoms with E-state index in [4.69, 9.17) is 5.26 Å². The zero-order chi connectivity index (χ0) is 10.6. The Hall–Kier alpha value is -1.98. The molecule has 0 amide bonds. The number of benzene rings is 1. The van der Waals surface area contributed by atoms with E-state index >= 15 is 0 Å². The molecule has 0 heterocycles. The van der Waals surface area contributed by atoms with E-state index in [1.165, 1.54) is 24.3 Å². The number of nitriles is 1. The van der Waals surface area contributed by atoms with Crippen molar-refractivity contribution in [2.75, 3.05) is 0 Å². The lowest BCUT2D eigenvalue weighted by Gasteiger charge is -2.05. The second-order valence-electron chi connectivity index (χ2n) is 2.75. The zero-order valence-electron chi connectivity index (χ0n) is 7.49. The number of halogens is 1. The van der Waals surface area contributed by atoms with Crippen LogP contribution in [0.25, 0.3) is 0 Å². The van der Waals surface area contributed by atoms with E-state index < -0.39 is 11.9 Å². The number of rotatable bonds is 2. The normalized spacial score (nSPS) is 11.2. The first kappa shape index (κ1) is 10.1. The summed E-state index contributed by atoms with van der Waals surface area (Å²) < 4.78 is 12.8. The Kier molecular flexibility index (Phi) is 3.11. The molecular weight excluding hydrogens is 183 g/mol. The summed E-state index contributed by atoms with van der Waals surface area (Å²) in [5, 5.41) is 8.68. The van der Waals surface area contributed by atoms with E-state index in [9.17, 15) is 9.18 Å². The molecule has 1 unspecified atom stereocenters. The zero-order valence-corrected chi connectivity index (χ0v) is 7.49. The van der Waals surface area contributed by atoms with Crippen LogP contribution in [-0.4, -0.2) is 6.08 Å². The summed E-state index contributed by atoms with van der Waals surface area (Å²) in [5.41, 5.74) is 1.12. The summed E-state index contributed by atoms with van der Waals surface area (Å²) in [6.45, 7) is 1.72. The molecule has 1 aromatic carbocycles. The molecule has 0 saturated heterocycles. The molecule has 0 aliphatic rings. The van der Waals surface area contributed by atoms with Crippen LogP contribution in [0.4, 0.5) is 4.39 Å². The van der Waals surface area contributed by atoms with Crippen molar-refractivity contribution in [3.63, 3.8) is 0 Å². The fourth-order valence-electron chi connectivity index (χ4n) is 1.13. The molecule has 0 saturated carbocycles. The standard InChI is InChI=1S/C10H7FN2O/c1-7-2-3-8(11)4-9(7)10(5-12)13-6-14/h2-4,10H,1H3. The molecule has 1 atom stereocenters. The fraction of sp³-hybridized carbons (Fsp3) is 0.200. The van der Waals surface area contributed by atoms with Gasteiger partial charge in [0.25, 0.3) is 0 Å². The van der Waals surface area contributed by atoms with Crippen LogP contribution >= 0.6 is 0 Å². The SMILES string of the molecule is Cc1ccc(F)cc1C(C#N)N=C=O. The topological polar surface area (TPSA) is 53.2 Å². The summed E-state index contributed by atoms with van der Waals surface area (Å²) in [6, 6.07) is 4.85. The quantitative estimate of drug-likeness (QED) is 0.529. The van der Waals surface area contributed by atoms with Crippen molar-refractivity contribution < 1.29 is 9.18 Å². The first-order valence-electron chi connectivity index (χ1n) is 3.91. The van der Waals surface area contributed by atoms with Crippen LogP contribution in [0, 0.1) is 24.1 Å². The highest BCUT2D eigenvalue weighted by Gasteiger charge is 2.12. The third kappa shape index (κ3) is 2.03. The highest BCUT2D eigenvalue weighted by Crippen LogP contribution is 2.20. The van der Waals surface area contributed by atoms with Crippen molar-refractivity contribution in [2.45, 2.75) is 13.0 Å². The van der Waals surface area contributed by atoms with Crippen LogP contribution in [-0.2, 0) is 4.79 Å². The Bertz CT molecular complexity index is 430. The van der Waals surface area contributed by atoms with E-state index in [-0.39, 0.29) is 0 Å². The van der Waals surface area contributed by atoms with E-state index in [1.54, 1.807) is 13.0 Å². The smallest absolute Gasteiger partial charge is 0.211 e. The van der Waals surface area contributed by atoms with Crippen molar-refractivity contribution in [3.8, 4) is 6.07 Å². The Morgan fingerprint density at radius 1 is 1.57 bits per heavy atom. The predicted octanol–water partition coefficient (Wildman–Crippen LogP) is 2.03. The summed E-state index contributed by atoms with van der Waals surface area (Å²) in [6.07, 6.45) is 1.29. The van der Waals surface area contributed by atoms with Gasteiger partial charge < -0.3 is 0 Å². The third-order valence-electron chi connectivity index (χ3n) is 1.84. The first-order valence-corrected chi connectivity index (χ1v) is 3.91. The van der Waals surface area contributed by atoms with Gasteiger partial charge in [0.05, 0.1) is 6.07 Å². The molecule has 1 rings (SSSR count). The van der Waals surface area contributed by atoms with Gasteiger partial charge in [-0.2, -0.15) is 10.3 Å². The van der Waals surface area contributed by atoms with Gasteiger partial charge in [-0.3, -0.25) is 0 Å². The largest absolute Gasteiger partial charge is 0.236 e. The van der Waals surface area contributed by atoms with Crippen LogP contribution in [0.3, 0.4) is 0 Å². The van der Waals surface area contributed by atoms with Crippen LogP contribution in [0.5, 0.6) is 0 Å². The van der Waals surface area contributed by atoms with Gasteiger partial charge in [-0.05, 0) is 30.2 Å². The molecule has 0 radical (unpaired) electrons. The highest BCUT2D eigenvalue weighted by molar-refractivity contribution is 5.40. The molecular formula is C10H7FN2O. The fourth-order valence-corrected chi connectivity index (χ4v) is 1.13. The molecule has 0 bridgehead atoms. The molecule has 70 valence electrons. The molecule has 1 aromatic rings. The van der Waals surface area contributed by atoms with Gasteiger partial charge in [0.1, 0.15) is 5.82 Å². The van der Waals surface area contributed by atoms with E-state index in [2.05, 4.69) is 4.99 Å². The monoisotopic (exact) mass is 190 g/mol. The summed E-state index contributed by atoms with van der Waals surface area (Å²) >= 11 is 0. The molecule has 3 nitrogen and oxygen atoms in total. The minimum absolute atomic E-state index is 0.399. The third-order valence-corrected chi connectivity index (χ3v) is 1.84. The summed E-state index contributed by atoms with van der Waals surface area (Å²) in [4.78, 5) is 13.3. The maximum Gasteiger partial charge on any atom is 0.236 e. The van der Waals surface area contributed by atoms with Crippen molar-refractivity contribution in [3.05, 3.63) is 35.1 Å². The van der Waals surface area contributed by atoms with Crippen molar-refractivity contribution in [1.82, 2.24) is 0 Å². The van der Waals surface area contributed by atoms with Gasteiger partial charge in [-0.1, -0.05) is 6.07 Å². The second kappa shape index (κ2) is 4.31. The lowest BCUT2D eigenvalue weighted by Crippen LogP contribution is -1.96. The van der Waals surface area contributed by atoms with Crippen molar-refractivity contribution >= 4 is 6.08 Å². The van der Waals surface area contributed by atoms with Gasteiger partial charge in [0, 0.05) is 0 Å². The van der Waals surface area contributed by atoms with Crippen LogP contribution in [0.2, 0.25) is 0 Å². The predicted molar refractivity (Wildman–Crippen MR) is 47.6 cm³/mol. The lowest BCUT2D eigenvalue weighted by molar-refractivity contribution is 0.561. The minimum atomic E-state index is -0.969. The Morgan fingerprint density at radius 3 is 2.86 bits per heavy atom. The minimum Gasteiger partial charge on any atom is -0.211 e. The maximum atomic E-state index is 12.8. The van der Waals surface area contributed by atoms with E-state index in [1.807, 2.05) is 0 Å². The molecule has 0 fully saturated rings. The van der Waals surface area contributed by atoms with Crippen molar-refractivity contribution in [1.29, 1.82) is 5.26 Å². The number of hydrogen-bond donors (Lipinski definition) is 0. The highest BCUT2D eigenvalue weighted by atomic mass is 19.1. The van der Waals surface area contributed by atoms with Crippen LogP contribution < -0.4 is 0 Å². The summed E-state index contributed by atoms with van der Waals surface area (Å²) in [5.74, 6) is -0.452. The number of hydrogen-bond acceptors (Lipinski definition) is 3. The first-order chi connectivity index (χ1) is 6.69. The number of isocyanates is 1. The van der Waals surface area contributed by atoms with Gasteiger partial charge in [0.15, 0.2) is 6.04 Å². The van der Waals surface area contributed by atoms with Gasteiger partial charge >= 0.3 is 0 Å². The van der Waals surface area contributed by atoms with Crippen LogP contribution in [0.1, 0.15) is 17.2 Å². The second-order valence-corrected chi connectivity index (χ2v) is 2.75. The van der Waals surface area contributed by atoms with Crippen molar-refractivity contribution in [2.24, 2.45) is 4.99 Å². The van der Waals surface area contributed by atoms with E-state index in [0.29, 0.717) is 5.56 Å². The Labute approximate surface area is 80.5 Å². The maximum absolute atomic E-state index is 12.8. The van der Waals surface area contributed by atoms with Gasteiger partial charge in [0.2, 0.25) is 6.08 Å². The molecule has 0 aromatic heterocycles. The van der Waals surface area contributed by atoms with Gasteiger partial charge in [-0.25, -0.2) is 9.18 Å². The molecule has 0 N–H and O–H groups in total. The number of carbonyl (C=O) groups excluding carboxylic acids is 1. The molecule has 0 spiro atoms. The van der Waals surface area contributed by atoms with Crippen LogP contribution in [0.15, 0.2) is 23.2 Å². The molecule has 0 aliphatic carbocycles. The summed E-state index contributed by atoms with van der Waals surface area (Å²) in [7, 11) is 0. The van der Waals surface area contributed by atoms with E-state index in [0.717, 1.165) is 5.56 Å². The Morgan fingerprint density at radius 2 is 2.29 bits per heavy atom. The molecule has 4 heteroatoms. The van der Waals surface area contributed by atoms with Gasteiger partial charge in [-0.15, -0.1) is 0 Å². The average molecular weight is 190 g/mol. The number of aliphatic imine (C=N–C) groups is 1. The lowest BCUT2D eigenvalue weighted by atomic mass is 10.0. The molecule has 0 aliphatic heterocycles. The number of nitrogens with zero attached hydrogens (tertiary/aromatic N) is 2. The number of aryl methyl sites for hydroxylation is 1.